The van der Waals surface area contributed by atoms with Crippen molar-refractivity contribution in [1.82, 2.24) is 8.87 Å². The minimum absolute atomic E-state index is 0.0362. The predicted octanol–water partition coefficient (Wildman–Crippen LogP) is 1.97. The largest absolute Gasteiger partial charge is 0.497 e. The molecule has 8 nitrogen and oxygen atoms in total. The zero-order chi connectivity index (χ0) is 22.2. The van der Waals surface area contributed by atoms with Crippen LogP contribution in [-0.2, 0) is 21.4 Å². The molecule has 1 fully saturated rings. The second-order valence-electron chi connectivity index (χ2n) is 7.87. The van der Waals surface area contributed by atoms with Crippen LogP contribution in [0.4, 0.5) is 5.69 Å². The van der Waals surface area contributed by atoms with Crippen LogP contribution >= 0.6 is 11.8 Å². The van der Waals surface area contributed by atoms with E-state index in [9.17, 15) is 18.0 Å². The monoisotopic (exact) mass is 463 g/mol. The molecule has 0 spiro atoms. The topological polar surface area (TPSA) is 97.7 Å². The van der Waals surface area contributed by atoms with Crippen molar-refractivity contribution in [1.29, 1.82) is 0 Å². The first-order valence-corrected chi connectivity index (χ1v) is 12.8. The van der Waals surface area contributed by atoms with E-state index in [0.29, 0.717) is 25.4 Å². The zero-order valence-electron chi connectivity index (χ0n) is 17.4. The highest BCUT2D eigenvalue weighted by atomic mass is 32.2. The third-order valence-corrected chi connectivity index (χ3v) is 8.21. The highest BCUT2D eigenvalue weighted by molar-refractivity contribution is 7.99. The van der Waals surface area contributed by atoms with Crippen LogP contribution in [0.3, 0.4) is 0 Å². The first-order valence-electron chi connectivity index (χ1n) is 10.00. The van der Waals surface area contributed by atoms with Crippen molar-refractivity contribution < 1.29 is 17.9 Å². The van der Waals surface area contributed by atoms with Gasteiger partial charge in [0.1, 0.15) is 11.4 Å². The number of ether oxygens (including phenoxy) is 1. The number of hydrogen-bond donors (Lipinski definition) is 1. The maximum atomic E-state index is 13.2. The van der Waals surface area contributed by atoms with Crippen molar-refractivity contribution in [2.45, 2.75) is 23.8 Å². The minimum Gasteiger partial charge on any atom is -0.497 e. The third kappa shape index (κ3) is 4.24. The fourth-order valence-electron chi connectivity index (χ4n) is 4.41. The fourth-order valence-corrected chi connectivity index (χ4v) is 6.30. The molecule has 0 aliphatic carbocycles. The molecule has 2 bridgehead atoms. The summed E-state index contributed by atoms with van der Waals surface area (Å²) >= 11 is 1.39. The Morgan fingerprint density at radius 3 is 2.58 bits per heavy atom. The van der Waals surface area contributed by atoms with Crippen LogP contribution in [0.25, 0.3) is 0 Å². The molecule has 2 aliphatic rings. The van der Waals surface area contributed by atoms with Crippen LogP contribution in [0.2, 0.25) is 0 Å². The highest BCUT2D eigenvalue weighted by Crippen LogP contribution is 2.37. The summed E-state index contributed by atoms with van der Waals surface area (Å²) in [7, 11) is -2.10. The van der Waals surface area contributed by atoms with Crippen molar-refractivity contribution in [3.05, 3.63) is 52.4 Å². The minimum atomic E-state index is -3.64. The Morgan fingerprint density at radius 2 is 1.90 bits per heavy atom. The molecular formula is C21H25N3O5S2. The van der Waals surface area contributed by atoms with Crippen LogP contribution < -0.4 is 15.6 Å². The van der Waals surface area contributed by atoms with Gasteiger partial charge in [-0.05, 0) is 55.0 Å². The Balaban J connectivity index is 1.59. The number of piperidine rings is 1. The van der Waals surface area contributed by atoms with Gasteiger partial charge in [-0.2, -0.15) is 16.1 Å². The molecule has 1 N–H and O–H groups in total. The number of carbonyl (C=O) groups is 1. The number of benzene rings is 1. The number of methoxy groups -OCH3 is 1. The lowest BCUT2D eigenvalue weighted by atomic mass is 9.84. The number of anilines is 1. The van der Waals surface area contributed by atoms with E-state index in [0.717, 1.165) is 12.1 Å². The highest BCUT2D eigenvalue weighted by Gasteiger charge is 2.39. The molecule has 1 aromatic carbocycles. The van der Waals surface area contributed by atoms with Gasteiger partial charge < -0.3 is 14.6 Å². The second kappa shape index (κ2) is 8.68. The van der Waals surface area contributed by atoms with Gasteiger partial charge in [-0.25, -0.2) is 8.42 Å². The molecule has 1 amide bonds. The summed E-state index contributed by atoms with van der Waals surface area (Å²) in [6, 6.07) is 9.85. The van der Waals surface area contributed by atoms with E-state index < -0.39 is 10.0 Å². The molecule has 2 aromatic rings. The average molecular weight is 464 g/mol. The van der Waals surface area contributed by atoms with Gasteiger partial charge in [0.15, 0.2) is 0 Å². The quantitative estimate of drug-likeness (QED) is 0.703. The number of amides is 1. The Kier molecular flexibility index (Phi) is 6.14. The number of pyridine rings is 1. The summed E-state index contributed by atoms with van der Waals surface area (Å²) in [5.74, 6) is 0.643. The number of thioether (sulfide) groups is 1. The number of nitrogens with one attached hydrogen (secondary N) is 1. The van der Waals surface area contributed by atoms with Crippen LogP contribution in [0.15, 0.2) is 46.1 Å². The van der Waals surface area contributed by atoms with Crippen molar-refractivity contribution >= 4 is 33.4 Å². The zero-order valence-corrected chi connectivity index (χ0v) is 19.0. The Bertz CT molecular complexity index is 1140. The van der Waals surface area contributed by atoms with Crippen molar-refractivity contribution in [3.8, 4) is 5.75 Å². The van der Waals surface area contributed by atoms with Gasteiger partial charge in [0, 0.05) is 31.2 Å². The maximum absolute atomic E-state index is 13.2. The molecule has 0 saturated carbocycles. The summed E-state index contributed by atoms with van der Waals surface area (Å²) in [4.78, 5) is 25.1. The number of fused-ring (bicyclic) bond motifs is 4. The van der Waals surface area contributed by atoms with E-state index >= 15 is 0 Å². The number of hydrogen-bond acceptors (Lipinski definition) is 6. The lowest BCUT2D eigenvalue weighted by molar-refractivity contribution is -0.113. The molecule has 1 saturated heterocycles. The Labute approximate surface area is 185 Å². The molecule has 31 heavy (non-hydrogen) atoms. The second-order valence-corrected chi connectivity index (χ2v) is 10.7. The number of rotatable bonds is 6. The van der Waals surface area contributed by atoms with E-state index in [1.54, 1.807) is 34.9 Å². The van der Waals surface area contributed by atoms with Gasteiger partial charge in [0.2, 0.25) is 15.9 Å². The Morgan fingerprint density at radius 1 is 1.16 bits per heavy atom. The number of sulfonamides is 1. The first kappa shape index (κ1) is 21.9. The van der Waals surface area contributed by atoms with Crippen molar-refractivity contribution in [3.63, 3.8) is 0 Å². The fraction of sp³-hybridized carbons (Fsp3) is 0.429. The summed E-state index contributed by atoms with van der Waals surface area (Å²) in [5, 5.41) is 2.68. The van der Waals surface area contributed by atoms with Gasteiger partial charge >= 0.3 is 0 Å². The van der Waals surface area contributed by atoms with E-state index in [4.69, 9.17) is 4.74 Å². The smallest absolute Gasteiger partial charge is 0.274 e. The predicted molar refractivity (Wildman–Crippen MR) is 120 cm³/mol. The first-order chi connectivity index (χ1) is 14.8. The summed E-state index contributed by atoms with van der Waals surface area (Å²) in [6.45, 7) is 1.12. The van der Waals surface area contributed by atoms with Gasteiger partial charge in [0.05, 0.1) is 17.8 Å². The average Bonchev–Trinajstić information content (AvgIpc) is 2.76. The number of carbonyl (C=O) groups excluding carboxylic acids is 1. The van der Waals surface area contributed by atoms with Crippen molar-refractivity contribution in [2.75, 3.05) is 37.5 Å². The lowest BCUT2D eigenvalue weighted by Crippen LogP contribution is -2.49. The SMILES string of the molecule is COc1ccc(S(=O)(=O)N2C[C@H]3C[C@H](C2)c2ccc(NC(=O)CSC)c(=O)n2C3)cc1. The van der Waals surface area contributed by atoms with E-state index in [1.807, 2.05) is 12.3 Å². The summed E-state index contributed by atoms with van der Waals surface area (Å²) < 4.78 is 34.7. The van der Waals surface area contributed by atoms with Gasteiger partial charge in [-0.1, -0.05) is 0 Å². The van der Waals surface area contributed by atoms with Gasteiger partial charge in [-0.3, -0.25) is 9.59 Å². The third-order valence-electron chi connectivity index (χ3n) is 5.82. The standard InChI is InChI=1S/C21H25N3O5S2/c1-29-16-3-5-17(6-4-16)31(27,28)23-10-14-9-15(12-23)19-8-7-18(21(26)24(19)11-14)22-20(25)13-30-2/h3-8,14-15H,9-13H2,1-2H3,(H,22,25)/t14-,15-/m1/s1. The van der Waals surface area contributed by atoms with Crippen LogP contribution in [0.1, 0.15) is 18.0 Å². The molecule has 2 aliphatic heterocycles. The Hall–Kier alpha value is -2.30. The molecule has 1 aromatic heterocycles. The number of aromatic nitrogens is 1. The molecule has 4 rings (SSSR count). The van der Waals surface area contributed by atoms with Crippen LogP contribution in [-0.4, -0.2) is 55.4 Å². The molecular weight excluding hydrogens is 438 g/mol. The van der Waals surface area contributed by atoms with Crippen molar-refractivity contribution in [2.24, 2.45) is 5.92 Å². The van der Waals surface area contributed by atoms with Gasteiger partial charge in [0.25, 0.3) is 5.56 Å². The molecule has 2 atom stereocenters. The van der Waals surface area contributed by atoms with Gasteiger partial charge in [-0.15, -0.1) is 0 Å². The molecule has 166 valence electrons. The molecule has 3 heterocycles. The number of nitrogens with zero attached hydrogens (tertiary/aromatic N) is 2. The summed E-state index contributed by atoms with van der Waals surface area (Å²) in [5.41, 5.74) is 0.859. The van der Waals surface area contributed by atoms with E-state index in [2.05, 4.69) is 5.32 Å². The lowest BCUT2D eigenvalue weighted by Gasteiger charge is -2.42. The summed E-state index contributed by atoms with van der Waals surface area (Å²) in [6.07, 6.45) is 2.67. The molecule has 0 radical (unpaired) electrons. The normalized spacial score (nSPS) is 20.7. The molecule has 10 heteroatoms. The van der Waals surface area contributed by atoms with E-state index in [-0.39, 0.29) is 39.6 Å². The van der Waals surface area contributed by atoms with Crippen LogP contribution in [0, 0.1) is 5.92 Å². The maximum Gasteiger partial charge on any atom is 0.274 e. The molecule has 0 unspecified atom stereocenters. The van der Waals surface area contributed by atoms with E-state index in [1.165, 1.54) is 23.2 Å². The van der Waals surface area contributed by atoms with Crippen LogP contribution in [0.5, 0.6) is 5.75 Å².